The number of benzene rings is 1. The fourth-order valence-corrected chi connectivity index (χ4v) is 6.68. The average molecular weight is 540 g/mol. The van der Waals surface area contributed by atoms with Crippen molar-refractivity contribution in [3.8, 4) is 0 Å². The number of carbonyl (C=O) groups is 3. The predicted molar refractivity (Wildman–Crippen MR) is 150 cm³/mol. The van der Waals surface area contributed by atoms with Gasteiger partial charge in [-0.15, -0.1) is 0 Å². The van der Waals surface area contributed by atoms with Crippen molar-refractivity contribution in [2.45, 2.75) is 84.3 Å². The van der Waals surface area contributed by atoms with E-state index < -0.39 is 31.9 Å². The number of nitrogens with zero attached hydrogens (tertiary/aromatic N) is 3. The third-order valence-corrected chi connectivity index (χ3v) is 12.8. The Labute approximate surface area is 227 Å². The van der Waals surface area contributed by atoms with Crippen molar-refractivity contribution in [1.29, 1.82) is 0 Å². The molecule has 1 saturated heterocycles. The Bertz CT molecular complexity index is 1170. The minimum absolute atomic E-state index is 0.0305. The highest BCUT2D eigenvalue weighted by Gasteiger charge is 2.60. The molecule has 2 amide bonds. The highest BCUT2D eigenvalue weighted by Crippen LogP contribution is 2.45. The van der Waals surface area contributed by atoms with Crippen molar-refractivity contribution in [3.05, 3.63) is 59.8 Å². The highest BCUT2D eigenvalue weighted by atomic mass is 28.3. The molecular weight excluding hydrogens is 498 g/mol. The molecule has 0 unspecified atom stereocenters. The van der Waals surface area contributed by atoms with Crippen LogP contribution in [0.1, 0.15) is 52.7 Å². The Balaban J connectivity index is 1.84. The first-order valence-corrected chi connectivity index (χ1v) is 15.9. The third kappa shape index (κ3) is 6.43. The number of carbonyl (C=O) groups excluding carboxylic acids is 3. The van der Waals surface area contributed by atoms with Gasteiger partial charge in [0.1, 0.15) is 24.1 Å². The number of hydrogen-bond donors (Lipinski definition) is 0. The number of esters is 1. The first-order chi connectivity index (χ1) is 17.5. The first kappa shape index (κ1) is 29.4. The number of aromatic nitrogens is 1. The van der Waals surface area contributed by atoms with Crippen LogP contribution in [0.15, 0.2) is 48.7 Å². The van der Waals surface area contributed by atoms with Gasteiger partial charge in [-0.05, 0) is 55.5 Å². The quantitative estimate of drug-likeness (QED) is 0.260. The summed E-state index contributed by atoms with van der Waals surface area (Å²) >= 11 is 0. The molecule has 2 heterocycles. The molecule has 206 valence electrons. The summed E-state index contributed by atoms with van der Waals surface area (Å²) in [7, 11) is -0.748. The van der Waals surface area contributed by atoms with E-state index in [1.807, 2.05) is 34.9 Å². The standard InChI is InChI=1S/C29H41N3O5Si/c1-28(2,3)37-27(35)31(7)23-18-21(15-16-30-23)17-22-24(26(34)36-19-20-13-11-10-12-14-20)32(25(22)33)38(8,9)29(4,5)6/h10-16,18,22,24H,17,19H2,1-9H3/t22-,24+/m1/s1. The summed E-state index contributed by atoms with van der Waals surface area (Å²) in [6.07, 6.45) is 1.42. The Morgan fingerprint density at radius 2 is 1.66 bits per heavy atom. The van der Waals surface area contributed by atoms with E-state index in [0.29, 0.717) is 12.2 Å². The van der Waals surface area contributed by atoms with Gasteiger partial charge in [0.25, 0.3) is 0 Å². The van der Waals surface area contributed by atoms with Crippen LogP contribution in [0.4, 0.5) is 10.6 Å². The molecule has 0 spiro atoms. The maximum Gasteiger partial charge on any atom is 0.415 e. The summed E-state index contributed by atoms with van der Waals surface area (Å²) in [6.45, 7) is 16.2. The smallest absolute Gasteiger partial charge is 0.415 e. The van der Waals surface area contributed by atoms with E-state index in [2.05, 4.69) is 38.8 Å². The molecule has 0 aliphatic carbocycles. The van der Waals surface area contributed by atoms with Crippen molar-refractivity contribution in [1.82, 2.24) is 9.55 Å². The molecule has 2 aromatic rings. The summed E-state index contributed by atoms with van der Waals surface area (Å²) in [4.78, 5) is 45.2. The Kier molecular flexibility index (Phi) is 8.41. The van der Waals surface area contributed by atoms with Crippen molar-refractivity contribution in [2.75, 3.05) is 11.9 Å². The van der Waals surface area contributed by atoms with E-state index in [0.717, 1.165) is 11.1 Å². The summed E-state index contributed by atoms with van der Waals surface area (Å²) in [5.74, 6) is -0.553. The molecular formula is C29H41N3O5Si. The lowest BCUT2D eigenvalue weighted by Gasteiger charge is -2.57. The molecule has 2 atom stereocenters. The topological polar surface area (TPSA) is 89.0 Å². The van der Waals surface area contributed by atoms with Crippen LogP contribution in [0.5, 0.6) is 0 Å². The van der Waals surface area contributed by atoms with Gasteiger partial charge in [0, 0.05) is 13.2 Å². The summed E-state index contributed by atoms with van der Waals surface area (Å²) in [6, 6.07) is 12.4. The van der Waals surface area contributed by atoms with E-state index in [1.54, 1.807) is 46.1 Å². The Hall–Kier alpha value is -3.20. The van der Waals surface area contributed by atoms with Crippen LogP contribution < -0.4 is 4.90 Å². The molecule has 0 radical (unpaired) electrons. The fraction of sp³-hybridized carbons (Fsp3) is 0.517. The van der Waals surface area contributed by atoms with Gasteiger partial charge in [0.15, 0.2) is 8.24 Å². The number of ether oxygens (including phenoxy) is 2. The van der Waals surface area contributed by atoms with Crippen LogP contribution in [0, 0.1) is 5.92 Å². The lowest BCUT2D eigenvalue weighted by atomic mass is 9.85. The normalized spacial score (nSPS) is 18.0. The van der Waals surface area contributed by atoms with Gasteiger partial charge in [-0.1, -0.05) is 64.2 Å². The molecule has 8 nitrogen and oxygen atoms in total. The number of hydrogen-bond acceptors (Lipinski definition) is 6. The number of β-lactam (4-membered cyclic amide) rings is 1. The van der Waals surface area contributed by atoms with E-state index in [4.69, 9.17) is 9.47 Å². The molecule has 1 aliphatic rings. The van der Waals surface area contributed by atoms with Crippen molar-refractivity contribution in [2.24, 2.45) is 5.92 Å². The van der Waals surface area contributed by atoms with E-state index in [1.165, 1.54) is 4.90 Å². The van der Waals surface area contributed by atoms with Gasteiger partial charge in [0.05, 0.1) is 5.92 Å². The number of pyridine rings is 1. The zero-order chi connectivity index (χ0) is 28.5. The number of amides is 2. The first-order valence-electron chi connectivity index (χ1n) is 13.0. The lowest BCUT2D eigenvalue weighted by Crippen LogP contribution is -2.75. The van der Waals surface area contributed by atoms with Crippen LogP contribution in [0.2, 0.25) is 18.1 Å². The molecule has 1 aromatic heterocycles. The molecule has 0 saturated carbocycles. The molecule has 0 bridgehead atoms. The van der Waals surface area contributed by atoms with E-state index >= 15 is 0 Å². The maximum atomic E-state index is 13.6. The van der Waals surface area contributed by atoms with E-state index in [-0.39, 0.29) is 23.5 Å². The second-order valence-corrected chi connectivity index (χ2v) is 17.5. The number of anilines is 1. The molecule has 1 aliphatic heterocycles. The Morgan fingerprint density at radius 3 is 2.24 bits per heavy atom. The summed E-state index contributed by atoms with van der Waals surface area (Å²) in [5.41, 5.74) is 1.06. The van der Waals surface area contributed by atoms with Gasteiger partial charge in [-0.3, -0.25) is 9.69 Å². The Morgan fingerprint density at radius 1 is 1.03 bits per heavy atom. The van der Waals surface area contributed by atoms with Crippen LogP contribution in [0.3, 0.4) is 0 Å². The average Bonchev–Trinajstić information content (AvgIpc) is 2.82. The minimum atomic E-state index is -2.34. The van der Waals surface area contributed by atoms with E-state index in [9.17, 15) is 14.4 Å². The van der Waals surface area contributed by atoms with Crippen LogP contribution in [-0.2, 0) is 32.1 Å². The maximum absolute atomic E-state index is 13.6. The van der Waals surface area contributed by atoms with Gasteiger partial charge >= 0.3 is 12.1 Å². The molecule has 1 fully saturated rings. The summed E-state index contributed by atoms with van der Waals surface area (Å²) < 4.78 is 13.0. The largest absolute Gasteiger partial charge is 0.459 e. The van der Waals surface area contributed by atoms with Crippen LogP contribution in [-0.4, -0.2) is 54.4 Å². The van der Waals surface area contributed by atoms with Gasteiger partial charge < -0.3 is 14.0 Å². The minimum Gasteiger partial charge on any atom is -0.459 e. The van der Waals surface area contributed by atoms with Crippen LogP contribution >= 0.6 is 0 Å². The monoisotopic (exact) mass is 539 g/mol. The highest BCUT2D eigenvalue weighted by molar-refractivity contribution is 6.80. The molecule has 9 heteroatoms. The van der Waals surface area contributed by atoms with Crippen LogP contribution in [0.25, 0.3) is 0 Å². The van der Waals surface area contributed by atoms with Crippen molar-refractivity contribution in [3.63, 3.8) is 0 Å². The molecule has 3 rings (SSSR count). The summed E-state index contributed by atoms with van der Waals surface area (Å²) in [5, 5.41) is -0.133. The predicted octanol–water partition coefficient (Wildman–Crippen LogP) is 5.57. The zero-order valence-electron chi connectivity index (χ0n) is 24.1. The second kappa shape index (κ2) is 10.9. The van der Waals surface area contributed by atoms with Gasteiger partial charge in [-0.2, -0.15) is 0 Å². The second-order valence-electron chi connectivity index (χ2n) is 12.4. The number of rotatable bonds is 7. The van der Waals surface area contributed by atoms with Crippen molar-refractivity contribution >= 4 is 32.0 Å². The SMILES string of the molecule is CN(C(=O)OC(C)(C)C)c1cc(C[C@H]2C(=O)N([Si](C)(C)C(C)(C)C)[C@@H]2C(=O)OCc2ccccc2)ccn1. The van der Waals surface area contributed by atoms with Gasteiger partial charge in [-0.25, -0.2) is 14.6 Å². The van der Waals surface area contributed by atoms with Crippen molar-refractivity contribution < 1.29 is 23.9 Å². The zero-order valence-corrected chi connectivity index (χ0v) is 25.1. The molecule has 38 heavy (non-hydrogen) atoms. The fourth-order valence-electron chi connectivity index (χ4n) is 4.26. The van der Waals surface area contributed by atoms with Gasteiger partial charge in [0.2, 0.25) is 5.91 Å². The molecule has 1 aromatic carbocycles. The molecule has 0 N–H and O–H groups in total. The lowest BCUT2D eigenvalue weighted by molar-refractivity contribution is -0.168. The third-order valence-electron chi connectivity index (χ3n) is 7.39.